The van der Waals surface area contributed by atoms with Crippen molar-refractivity contribution in [2.75, 3.05) is 77.9 Å². The van der Waals surface area contributed by atoms with Crippen molar-refractivity contribution in [2.24, 2.45) is 0 Å². The van der Waals surface area contributed by atoms with Crippen LogP contribution in [0.5, 0.6) is 0 Å². The van der Waals surface area contributed by atoms with Gasteiger partial charge in [0.2, 0.25) is 49.1 Å². The van der Waals surface area contributed by atoms with Gasteiger partial charge in [-0.2, -0.15) is 70.3 Å². The molecule has 0 saturated carbocycles. The average molecular weight is 2090 g/mol. The van der Waals surface area contributed by atoms with E-state index in [0.29, 0.717) is 108 Å². The van der Waals surface area contributed by atoms with Crippen LogP contribution in [0.2, 0.25) is 0 Å². The Hall–Kier alpha value is -5.93. The summed E-state index contributed by atoms with van der Waals surface area (Å²) in [7, 11) is -19.6. The molecule has 0 bridgehead atoms. The minimum atomic E-state index is -4.91. The molecule has 32 nitrogen and oxygen atoms in total. The van der Waals surface area contributed by atoms with Crippen molar-refractivity contribution in [3.8, 4) is 0 Å². The Morgan fingerprint density at radius 3 is 0.955 bits per heavy atom. The number of imidazole rings is 1. The summed E-state index contributed by atoms with van der Waals surface area (Å²) in [6.07, 6.45) is 13.8. The molecule has 49 heteroatoms. The Morgan fingerprint density at radius 2 is 0.705 bits per heavy atom. The first-order valence-corrected chi connectivity index (χ1v) is 56.2. The third-order valence-electron chi connectivity index (χ3n) is 21.8. The maximum Gasteiger partial charge on any atom is 0.421 e. The topological polar surface area (TPSA) is 467 Å². The number of hydrogen-bond donors (Lipinski definition) is 5. The summed E-state index contributed by atoms with van der Waals surface area (Å²) < 4.78 is 283. The second-order valence-corrected chi connectivity index (χ2v) is 48.5. The molecule has 6 heterocycles. The quantitative estimate of drug-likeness (QED) is 0.00957. The SMILES string of the molecule is CC(=O)c1ccc(S(=O)(=O)Cl)cc1.CC(=O)c1ccc(S(=O)(=O)N2CCCCC2CCO)cc1.CC(=O)c1ccc(S(=O)(=O)N2CCCCC2CCOS(C)(=O)=O)cc1.CC(O)(c1ccc(S(=O)(=O)N2CCCCC2CCOS(C)(=O)=O)cc1)C(F)(F)F.CC(O)(c1ccc(S(=O)(=O)N2CCCCC2CCn2ccnc2)cc1)C(F)(F)F.CS(=O)(=O)Cl.OCCC1CCCCN1.P. The first-order chi connectivity index (χ1) is 60.6. The number of rotatable bonds is 29. The summed E-state index contributed by atoms with van der Waals surface area (Å²) >= 11 is 0. The number of carbonyl (C=O) groups is 3. The molecule has 5 fully saturated rings. The minimum absolute atomic E-state index is 0. The summed E-state index contributed by atoms with van der Waals surface area (Å²) in [5, 5.41) is 40.5. The number of carbonyl (C=O) groups excluding carboxylic acids is 3. The molecule has 1 aromatic heterocycles. The van der Waals surface area contributed by atoms with Gasteiger partial charge >= 0.3 is 12.4 Å². The maximum atomic E-state index is 13.1. The fraction of sp³-hybridized carbons (Fsp3) is 0.566. The second kappa shape index (κ2) is 52.2. The van der Waals surface area contributed by atoms with Crippen molar-refractivity contribution < 1.29 is 137 Å². The highest BCUT2D eigenvalue weighted by atomic mass is 35.7. The number of benzene rings is 5. The fourth-order valence-corrected chi connectivity index (χ4v) is 23.0. The van der Waals surface area contributed by atoms with Gasteiger partial charge in [0, 0.05) is 127 Å². The van der Waals surface area contributed by atoms with Crippen LogP contribution in [-0.4, -0.2) is 252 Å². The van der Waals surface area contributed by atoms with Crippen LogP contribution in [0.25, 0.3) is 0 Å². The molecule has 0 aliphatic carbocycles. The molecule has 0 radical (unpaired) electrons. The third kappa shape index (κ3) is 37.4. The number of Topliss-reactive ketones (excluding diaryl/α,β-unsaturated/α-hetero) is 3. The first-order valence-electron chi connectivity index (χ1n) is 41.7. The molecular formula is C83H120Cl2F6N7O25PS8. The molecule has 132 heavy (non-hydrogen) atoms. The van der Waals surface area contributed by atoms with E-state index in [0.717, 1.165) is 138 Å². The molecule has 5 aromatic carbocycles. The van der Waals surface area contributed by atoms with Gasteiger partial charge < -0.3 is 30.3 Å². The fourth-order valence-electron chi connectivity index (χ4n) is 14.5. The van der Waals surface area contributed by atoms with Gasteiger partial charge in [-0.25, -0.2) is 55.5 Å². The number of nitrogens with one attached hydrogen (secondary N) is 1. The third-order valence-corrected chi connectivity index (χ3v) is 32.3. The molecule has 8 atom stereocenters. The van der Waals surface area contributed by atoms with E-state index in [1.54, 1.807) is 24.7 Å². The molecule has 5 aliphatic rings. The summed E-state index contributed by atoms with van der Waals surface area (Å²) in [4.78, 5) is 37.5. The Kier molecular flexibility index (Phi) is 46.8. The van der Waals surface area contributed by atoms with E-state index >= 15 is 0 Å². The van der Waals surface area contributed by atoms with Crippen molar-refractivity contribution in [3.63, 3.8) is 0 Å². The molecule has 0 amide bonds. The van der Waals surface area contributed by atoms with E-state index in [9.17, 15) is 118 Å². The van der Waals surface area contributed by atoms with Gasteiger partial charge in [-0.15, -0.1) is 0 Å². The number of aliphatic hydroxyl groups is 4. The van der Waals surface area contributed by atoms with Crippen LogP contribution in [0.3, 0.4) is 0 Å². The highest BCUT2D eigenvalue weighted by Crippen LogP contribution is 2.42. The minimum Gasteiger partial charge on any atom is -0.396 e. The normalized spacial score (nSPS) is 19.8. The zero-order valence-corrected chi connectivity index (χ0v) is 83.9. The van der Waals surface area contributed by atoms with Gasteiger partial charge in [0.25, 0.3) is 29.3 Å². The zero-order valence-electron chi connectivity index (χ0n) is 74.4. The number of piperidine rings is 5. The lowest BCUT2D eigenvalue weighted by Crippen LogP contribution is -2.44. The summed E-state index contributed by atoms with van der Waals surface area (Å²) in [6, 6.07) is 25.1. The van der Waals surface area contributed by atoms with Gasteiger partial charge in [0.15, 0.2) is 28.6 Å². The van der Waals surface area contributed by atoms with Crippen molar-refractivity contribution in [1.82, 2.24) is 32.1 Å². The van der Waals surface area contributed by atoms with E-state index in [1.807, 2.05) is 10.8 Å². The molecule has 11 rings (SSSR count). The molecule has 5 N–H and O–H groups in total. The highest BCUT2D eigenvalue weighted by molar-refractivity contribution is 8.14. The summed E-state index contributed by atoms with van der Waals surface area (Å²) in [6.45, 7) is 8.87. The lowest BCUT2D eigenvalue weighted by molar-refractivity contribution is -0.259. The Bertz CT molecular complexity index is 5620. The van der Waals surface area contributed by atoms with Crippen LogP contribution >= 0.6 is 31.3 Å². The van der Waals surface area contributed by atoms with E-state index in [2.05, 4.69) is 21.0 Å². The van der Waals surface area contributed by atoms with E-state index in [1.165, 1.54) is 118 Å². The van der Waals surface area contributed by atoms with Crippen LogP contribution in [0.4, 0.5) is 26.3 Å². The van der Waals surface area contributed by atoms with Crippen molar-refractivity contribution in [2.45, 2.75) is 248 Å². The molecular weight excluding hydrogens is 1970 g/mol. The van der Waals surface area contributed by atoms with Crippen LogP contribution in [0.15, 0.2) is 165 Å². The van der Waals surface area contributed by atoms with E-state index < -0.39 is 119 Å². The second-order valence-electron chi connectivity index (χ2n) is 32.0. The number of aromatic nitrogens is 2. The van der Waals surface area contributed by atoms with Gasteiger partial charge in [-0.05, 0) is 209 Å². The zero-order chi connectivity index (χ0) is 98.6. The van der Waals surface area contributed by atoms with Gasteiger partial charge in [0.1, 0.15) is 0 Å². The lowest BCUT2D eigenvalue weighted by atomic mass is 9.96. The van der Waals surface area contributed by atoms with Crippen molar-refractivity contribution in [3.05, 3.63) is 168 Å². The van der Waals surface area contributed by atoms with E-state index in [4.69, 9.17) is 29.3 Å². The molecule has 5 saturated heterocycles. The number of nitrogens with zero attached hydrogens (tertiary/aromatic N) is 6. The molecule has 746 valence electrons. The van der Waals surface area contributed by atoms with Crippen LogP contribution in [0.1, 0.15) is 205 Å². The monoisotopic (exact) mass is 2090 g/mol. The predicted molar refractivity (Wildman–Crippen MR) is 491 cm³/mol. The van der Waals surface area contributed by atoms with Crippen molar-refractivity contribution in [1.29, 1.82) is 0 Å². The van der Waals surface area contributed by atoms with Gasteiger partial charge in [-0.1, -0.05) is 92.8 Å². The smallest absolute Gasteiger partial charge is 0.396 e. The molecule has 5 aliphatic heterocycles. The predicted octanol–water partition coefficient (Wildman–Crippen LogP) is 11.8. The highest BCUT2D eigenvalue weighted by Gasteiger charge is 2.53. The average Bonchev–Trinajstić information content (AvgIpc) is 1.34. The largest absolute Gasteiger partial charge is 0.421 e. The number of aliphatic hydroxyl groups excluding tert-OH is 2. The van der Waals surface area contributed by atoms with Gasteiger partial charge in [0.05, 0.1) is 62.8 Å². The van der Waals surface area contributed by atoms with Crippen LogP contribution in [0, 0.1) is 0 Å². The van der Waals surface area contributed by atoms with Crippen molar-refractivity contribution >= 4 is 127 Å². The molecule has 8 unspecified atom stereocenters. The number of alkyl halides is 6. The Balaban J connectivity index is 0.000000337. The Morgan fingerprint density at radius 1 is 0.424 bits per heavy atom. The standard InChI is InChI=1S/C19H24F3N3O3S.C17H24F3NO6S2.C16H23NO6S2.C15H21NO4S.C8H7ClO3S.C7H15NO.CH3ClO2S.H3P/c1-18(26,19(20,21)22)15-5-7-17(8-6-15)29(27,28)25-11-3-2-4-16(25)9-12-24-13-10-23-14-24;1-16(22,17(18,19)20)13-6-8-15(9-7-13)29(25,26)21-11-4-3-5-14(21)10-12-27-28(2,23)24;1-13(18)14-6-8-16(9-7-14)25(21,22)17-11-4-3-5-15(17)10-12-23-24(2,19)20;1-12(18)13-5-7-15(8-6-13)21(19,20)16-10-3-2-4-14(16)9-11-17;1-6(10)7-2-4-8(5-3-7)13(9,11)12;9-6-4-7-3-1-2-5-8-7;1-5(2,3)4;/h5-8,10,13-14,16,26H,2-4,9,11-12H2,1H3;6-9,14,22H,3-5,10-12H2,1-2H3;6-9,15H,3-5,10-12H2,1-2H3;5-8,14,17H,2-4,9-11H2,1H3;2-5H,1H3;7-9H,1-6H2;1H3;1H3. The number of sulfonamides is 4. The number of hydrogen-bond acceptors (Lipinski definition) is 27. The summed E-state index contributed by atoms with van der Waals surface area (Å²) in [5.74, 6) is -0.327. The number of aryl methyl sites for hydroxylation is 1. The Labute approximate surface area is 783 Å². The summed E-state index contributed by atoms with van der Waals surface area (Å²) in [5.41, 5.74) is -5.61. The first kappa shape index (κ1) is 118. The van der Waals surface area contributed by atoms with Crippen LogP contribution in [-0.2, 0) is 105 Å². The maximum absolute atomic E-state index is 13.1. The van der Waals surface area contributed by atoms with E-state index in [-0.39, 0.29) is 103 Å². The molecule has 0 spiro atoms. The lowest BCUT2D eigenvalue weighted by Gasteiger charge is -2.35. The number of halogens is 8. The molecule has 6 aromatic rings. The van der Waals surface area contributed by atoms with Crippen LogP contribution < -0.4 is 5.32 Å². The number of ketones is 3. The van der Waals surface area contributed by atoms with Gasteiger partial charge in [-0.3, -0.25) is 22.7 Å².